The number of hydrogen-bond acceptors (Lipinski definition) is 4. The number of fused-ring (bicyclic) bond motifs is 1. The molecular weight excluding hydrogens is 331 g/mol. The van der Waals surface area contributed by atoms with Gasteiger partial charge in [-0.3, -0.25) is 0 Å². The molecule has 6 nitrogen and oxygen atoms in total. The Morgan fingerprint density at radius 2 is 1.96 bits per heavy atom. The first-order valence-corrected chi connectivity index (χ1v) is 9.20. The van der Waals surface area contributed by atoms with E-state index in [0.29, 0.717) is 23.5 Å². The Morgan fingerprint density at radius 3 is 2.67 bits per heavy atom. The van der Waals surface area contributed by atoms with Gasteiger partial charge in [0.15, 0.2) is 5.65 Å². The summed E-state index contributed by atoms with van der Waals surface area (Å²) in [5.74, 6) is 0.329. The van der Waals surface area contributed by atoms with Crippen LogP contribution in [0.3, 0.4) is 0 Å². The molecule has 0 aliphatic carbocycles. The summed E-state index contributed by atoms with van der Waals surface area (Å²) in [5, 5.41) is 0. The van der Waals surface area contributed by atoms with E-state index < -0.39 is 10.0 Å². The summed E-state index contributed by atoms with van der Waals surface area (Å²) < 4.78 is 40.7. The highest BCUT2D eigenvalue weighted by Crippen LogP contribution is 2.23. The topological polar surface area (TPSA) is 76.9 Å². The van der Waals surface area contributed by atoms with Crippen LogP contribution in [0.25, 0.3) is 22.6 Å². The summed E-state index contributed by atoms with van der Waals surface area (Å²) in [5.41, 5.74) is 2.11. The number of nitrogens with zero attached hydrogens (tertiary/aromatic N) is 3. The van der Waals surface area contributed by atoms with Gasteiger partial charge in [-0.25, -0.2) is 27.5 Å². The molecule has 0 bridgehead atoms. The van der Waals surface area contributed by atoms with Crippen LogP contribution in [0.15, 0.2) is 42.6 Å². The number of sulfonamides is 1. The molecule has 126 valence electrons. The molecule has 0 aliphatic heterocycles. The van der Waals surface area contributed by atoms with Gasteiger partial charge in [-0.05, 0) is 43.3 Å². The molecule has 2 heterocycles. The molecule has 3 rings (SSSR count). The van der Waals surface area contributed by atoms with Gasteiger partial charge in [-0.15, -0.1) is 0 Å². The quantitative estimate of drug-likeness (QED) is 0.741. The van der Waals surface area contributed by atoms with Gasteiger partial charge in [0.2, 0.25) is 10.0 Å². The number of nitrogens with one attached hydrogen (secondary N) is 1. The fourth-order valence-electron chi connectivity index (χ4n) is 2.40. The van der Waals surface area contributed by atoms with Crippen LogP contribution in [0.4, 0.5) is 4.39 Å². The number of hydrogen-bond donors (Lipinski definition) is 1. The average molecular weight is 348 g/mol. The van der Waals surface area contributed by atoms with Crippen LogP contribution in [0.2, 0.25) is 0 Å². The van der Waals surface area contributed by atoms with Crippen LogP contribution in [0.1, 0.15) is 6.92 Å². The molecule has 0 saturated heterocycles. The third-order valence-electron chi connectivity index (χ3n) is 3.64. The van der Waals surface area contributed by atoms with Crippen molar-refractivity contribution in [3.05, 3.63) is 48.4 Å². The molecule has 0 spiro atoms. The molecule has 24 heavy (non-hydrogen) atoms. The highest BCUT2D eigenvalue weighted by atomic mass is 32.2. The van der Waals surface area contributed by atoms with Gasteiger partial charge in [0, 0.05) is 24.8 Å². The summed E-state index contributed by atoms with van der Waals surface area (Å²) in [6.07, 6.45) is 1.66. The second-order valence-corrected chi connectivity index (χ2v) is 7.33. The number of aromatic nitrogens is 3. The predicted octanol–water partition coefficient (Wildman–Crippen LogP) is 2.18. The molecule has 2 aromatic heterocycles. The molecule has 0 fully saturated rings. The van der Waals surface area contributed by atoms with E-state index in [9.17, 15) is 12.8 Å². The molecule has 8 heteroatoms. The lowest BCUT2D eigenvalue weighted by molar-refractivity contribution is 0.575. The van der Waals surface area contributed by atoms with Gasteiger partial charge in [-0.2, -0.15) is 0 Å². The summed E-state index contributed by atoms with van der Waals surface area (Å²) in [7, 11) is -3.26. The maximum absolute atomic E-state index is 13.2. The maximum Gasteiger partial charge on any atom is 0.211 e. The molecule has 1 N–H and O–H groups in total. The highest BCUT2D eigenvalue weighted by molar-refractivity contribution is 7.89. The zero-order chi connectivity index (χ0) is 17.2. The van der Waals surface area contributed by atoms with Crippen molar-refractivity contribution >= 4 is 21.2 Å². The molecule has 3 aromatic rings. The first kappa shape index (κ1) is 16.5. The van der Waals surface area contributed by atoms with E-state index in [4.69, 9.17) is 0 Å². The molecule has 0 atom stereocenters. The maximum atomic E-state index is 13.2. The predicted molar refractivity (Wildman–Crippen MR) is 90.4 cm³/mol. The summed E-state index contributed by atoms with van der Waals surface area (Å²) in [6.45, 7) is 2.19. The SMILES string of the molecule is CCS(=O)(=O)NCCn1c(-c2ccc(F)cc2)nc2cccnc21. The Morgan fingerprint density at radius 1 is 1.21 bits per heavy atom. The van der Waals surface area contributed by atoms with Crippen LogP contribution in [0.5, 0.6) is 0 Å². The van der Waals surface area contributed by atoms with Crippen molar-refractivity contribution in [3.8, 4) is 11.4 Å². The van der Waals surface area contributed by atoms with Crippen LogP contribution in [-0.4, -0.2) is 35.3 Å². The number of benzene rings is 1. The normalized spacial score (nSPS) is 11.9. The summed E-state index contributed by atoms with van der Waals surface area (Å²) >= 11 is 0. The lowest BCUT2D eigenvalue weighted by Gasteiger charge is -2.10. The lowest BCUT2D eigenvalue weighted by atomic mass is 10.2. The first-order valence-electron chi connectivity index (χ1n) is 7.54. The number of halogens is 1. The first-order chi connectivity index (χ1) is 11.5. The van der Waals surface area contributed by atoms with E-state index in [2.05, 4.69) is 14.7 Å². The molecular formula is C16H17FN4O2S. The Balaban J connectivity index is 1.98. The number of pyridine rings is 1. The van der Waals surface area contributed by atoms with Crippen molar-refractivity contribution < 1.29 is 12.8 Å². The lowest BCUT2D eigenvalue weighted by Crippen LogP contribution is -2.28. The van der Waals surface area contributed by atoms with E-state index in [-0.39, 0.29) is 18.1 Å². The van der Waals surface area contributed by atoms with Gasteiger partial charge in [0.05, 0.1) is 5.75 Å². The van der Waals surface area contributed by atoms with E-state index in [1.165, 1.54) is 12.1 Å². The van der Waals surface area contributed by atoms with Crippen molar-refractivity contribution in [1.82, 2.24) is 19.3 Å². The van der Waals surface area contributed by atoms with Gasteiger partial charge in [0.1, 0.15) is 17.2 Å². The Labute approximate surface area is 139 Å². The smallest absolute Gasteiger partial charge is 0.211 e. The standard InChI is InChI=1S/C16H17FN4O2S/c1-2-24(22,23)19-10-11-21-15(12-5-7-13(17)8-6-12)20-14-4-3-9-18-16(14)21/h3-9,19H,2,10-11H2,1H3. The molecule has 0 radical (unpaired) electrons. The van der Waals surface area contributed by atoms with Gasteiger partial charge < -0.3 is 4.57 Å². The minimum absolute atomic E-state index is 0.0285. The van der Waals surface area contributed by atoms with Crippen molar-refractivity contribution in [2.75, 3.05) is 12.3 Å². The molecule has 0 unspecified atom stereocenters. The van der Waals surface area contributed by atoms with Gasteiger partial charge in [0.25, 0.3) is 0 Å². The van der Waals surface area contributed by atoms with Crippen LogP contribution >= 0.6 is 0 Å². The van der Waals surface area contributed by atoms with Crippen molar-refractivity contribution in [2.24, 2.45) is 0 Å². The Kier molecular flexibility index (Phi) is 4.59. The third kappa shape index (κ3) is 3.44. The number of imidazole rings is 1. The van der Waals surface area contributed by atoms with E-state index in [1.54, 1.807) is 31.3 Å². The van der Waals surface area contributed by atoms with Crippen molar-refractivity contribution in [3.63, 3.8) is 0 Å². The van der Waals surface area contributed by atoms with Crippen molar-refractivity contribution in [2.45, 2.75) is 13.5 Å². The molecule has 0 aliphatic rings. The molecule has 0 saturated carbocycles. The van der Waals surface area contributed by atoms with E-state index in [1.807, 2.05) is 10.6 Å². The van der Waals surface area contributed by atoms with E-state index in [0.717, 1.165) is 5.56 Å². The minimum atomic E-state index is -3.26. The molecule has 0 amide bonds. The summed E-state index contributed by atoms with van der Waals surface area (Å²) in [6, 6.07) is 9.64. The van der Waals surface area contributed by atoms with Gasteiger partial charge >= 0.3 is 0 Å². The second-order valence-electron chi connectivity index (χ2n) is 5.24. The van der Waals surface area contributed by atoms with E-state index >= 15 is 0 Å². The van der Waals surface area contributed by atoms with Crippen LogP contribution in [0, 0.1) is 5.82 Å². The third-order valence-corrected chi connectivity index (χ3v) is 5.05. The van der Waals surface area contributed by atoms with Crippen molar-refractivity contribution in [1.29, 1.82) is 0 Å². The minimum Gasteiger partial charge on any atom is -0.307 e. The monoisotopic (exact) mass is 348 g/mol. The highest BCUT2D eigenvalue weighted by Gasteiger charge is 2.14. The Bertz CT molecular complexity index is 952. The Hall–Kier alpha value is -2.32. The largest absolute Gasteiger partial charge is 0.307 e. The fourth-order valence-corrected chi connectivity index (χ4v) is 3.01. The zero-order valence-electron chi connectivity index (χ0n) is 13.1. The zero-order valence-corrected chi connectivity index (χ0v) is 13.9. The molecule has 1 aromatic carbocycles. The fraction of sp³-hybridized carbons (Fsp3) is 0.250. The number of rotatable bonds is 6. The second kappa shape index (κ2) is 6.66. The average Bonchev–Trinajstić information content (AvgIpc) is 2.94. The van der Waals surface area contributed by atoms with Crippen LogP contribution in [-0.2, 0) is 16.6 Å². The summed E-state index contributed by atoms with van der Waals surface area (Å²) in [4.78, 5) is 8.88. The van der Waals surface area contributed by atoms with Crippen LogP contribution < -0.4 is 4.72 Å². The van der Waals surface area contributed by atoms with Gasteiger partial charge in [-0.1, -0.05) is 0 Å².